The van der Waals surface area contributed by atoms with Gasteiger partial charge >= 0.3 is 0 Å². The van der Waals surface area contributed by atoms with Gasteiger partial charge in [-0.05, 0) is 102 Å². The average molecular weight is 801 g/mol. The number of ether oxygens (including phenoxy) is 1. The zero-order valence-electron chi connectivity index (χ0n) is 9.59. The largest absolute Gasteiger partial charge is 0.334 e. The highest BCUT2D eigenvalue weighted by atomic mass is 79.9. The molecule has 2 atom stereocenters. The molecule has 0 radical (unpaired) electrons. The van der Waals surface area contributed by atoms with Crippen LogP contribution in [0.1, 0.15) is 5.56 Å². The molecule has 2 aliphatic rings. The third-order valence-electron chi connectivity index (χ3n) is 3.29. The van der Waals surface area contributed by atoms with E-state index in [4.69, 9.17) is 4.74 Å². The summed E-state index contributed by atoms with van der Waals surface area (Å²) in [5.74, 6) is 0. The van der Waals surface area contributed by atoms with Gasteiger partial charge in [-0.25, -0.2) is 0 Å². The number of rotatable bonds is 1. The van der Waals surface area contributed by atoms with E-state index in [9.17, 15) is 0 Å². The molecule has 112 valence electrons. The minimum Gasteiger partial charge on any atom is -0.334 e. The maximum absolute atomic E-state index is 6.16. The topological polar surface area (TPSA) is 12.5 Å². The molecular weight excluding hydrogens is 799 g/mol. The molecule has 1 saturated heterocycles. The van der Waals surface area contributed by atoms with Gasteiger partial charge in [0.1, 0.15) is 0 Å². The van der Waals surface area contributed by atoms with Crippen molar-refractivity contribution in [2.24, 2.45) is 0 Å². The van der Waals surface area contributed by atoms with Crippen LogP contribution in [0.5, 0.6) is 0 Å². The summed E-state index contributed by atoms with van der Waals surface area (Å²) in [4.78, 5) is 0. The molecule has 0 saturated carbocycles. The van der Waals surface area contributed by atoms with Crippen LogP contribution in [0.2, 0.25) is 0 Å². The molecule has 1 aromatic rings. The molecular formula is C12H2Br8O. The van der Waals surface area contributed by atoms with E-state index in [0.717, 1.165) is 36.9 Å². The highest BCUT2D eigenvalue weighted by Gasteiger charge is 2.76. The van der Waals surface area contributed by atoms with Crippen LogP contribution in [-0.2, 0) is 10.3 Å². The number of halogens is 8. The van der Waals surface area contributed by atoms with E-state index in [0.29, 0.717) is 0 Å². The van der Waals surface area contributed by atoms with E-state index in [1.54, 1.807) is 0 Å². The Hall–Kier alpha value is 2.50. The third-order valence-corrected chi connectivity index (χ3v) is 13.4. The van der Waals surface area contributed by atoms with Crippen LogP contribution in [0.15, 0.2) is 43.5 Å². The monoisotopic (exact) mass is 793 g/mol. The van der Waals surface area contributed by atoms with Gasteiger partial charge in [-0.3, -0.25) is 0 Å². The fourth-order valence-corrected chi connectivity index (χ4v) is 7.97. The predicted octanol–water partition coefficient (Wildman–Crippen LogP) is 8.31. The van der Waals surface area contributed by atoms with Crippen molar-refractivity contribution >= 4 is 127 Å². The van der Waals surface area contributed by atoms with E-state index in [1.165, 1.54) is 0 Å². The molecule has 1 aliphatic heterocycles. The number of fused-ring (bicyclic) bond motifs is 1. The highest BCUT2D eigenvalue weighted by molar-refractivity contribution is 9.17. The first-order valence-corrected chi connectivity index (χ1v) is 11.7. The second-order valence-electron chi connectivity index (χ2n) is 4.36. The van der Waals surface area contributed by atoms with Crippen molar-refractivity contribution in [2.75, 3.05) is 0 Å². The Bertz CT molecular complexity index is 739. The van der Waals surface area contributed by atoms with E-state index in [2.05, 4.69) is 127 Å². The van der Waals surface area contributed by atoms with Crippen LogP contribution in [0, 0.1) is 0 Å². The summed E-state index contributed by atoms with van der Waals surface area (Å²) in [5.41, 5.74) is 0.375. The third kappa shape index (κ3) is 2.42. The van der Waals surface area contributed by atoms with Gasteiger partial charge in [-0.2, -0.15) is 0 Å². The molecule has 0 amide bonds. The minimum absolute atomic E-state index is 0.634. The van der Waals surface area contributed by atoms with Crippen molar-refractivity contribution in [1.82, 2.24) is 0 Å². The van der Waals surface area contributed by atoms with Gasteiger partial charge in [0.05, 0.1) is 8.96 Å². The zero-order valence-corrected chi connectivity index (χ0v) is 22.3. The van der Waals surface area contributed by atoms with E-state index >= 15 is 0 Å². The fourth-order valence-electron chi connectivity index (χ4n) is 2.20. The summed E-state index contributed by atoms with van der Waals surface area (Å²) in [6.45, 7) is 0. The minimum atomic E-state index is -0.635. The lowest BCUT2D eigenvalue weighted by atomic mass is 9.92. The molecule has 9 heteroatoms. The second-order valence-corrected chi connectivity index (χ2v) is 11.1. The summed E-state index contributed by atoms with van der Waals surface area (Å²) in [5, 5.41) is 0. The molecule has 1 aliphatic carbocycles. The van der Waals surface area contributed by atoms with Gasteiger partial charge in [0.15, 0.2) is 10.1 Å². The Morgan fingerprint density at radius 3 is 1.95 bits per heavy atom. The lowest BCUT2D eigenvalue weighted by Crippen LogP contribution is -2.24. The number of epoxide rings is 1. The molecule has 0 bridgehead atoms. The summed E-state index contributed by atoms with van der Waals surface area (Å²) < 4.78 is 12.0. The average Bonchev–Trinajstić information content (AvgIpc) is 3.09. The van der Waals surface area contributed by atoms with Crippen LogP contribution in [0.4, 0.5) is 0 Å². The summed E-state index contributed by atoms with van der Waals surface area (Å²) >= 11 is 28.9. The number of hydrogen-bond donors (Lipinski definition) is 0. The van der Waals surface area contributed by atoms with Crippen LogP contribution in [0.3, 0.4) is 0 Å². The number of alkyl halides is 1. The van der Waals surface area contributed by atoms with Crippen LogP contribution >= 0.6 is 127 Å². The van der Waals surface area contributed by atoms with Gasteiger partial charge in [0.2, 0.25) is 0 Å². The van der Waals surface area contributed by atoms with Crippen LogP contribution in [0.25, 0.3) is 0 Å². The molecule has 0 spiro atoms. The van der Waals surface area contributed by atoms with Crippen molar-refractivity contribution in [3.05, 3.63) is 49.0 Å². The number of benzene rings is 1. The molecule has 21 heavy (non-hydrogen) atoms. The van der Waals surface area contributed by atoms with Gasteiger partial charge in [-0.15, -0.1) is 0 Å². The van der Waals surface area contributed by atoms with E-state index in [1.807, 2.05) is 12.1 Å². The Morgan fingerprint density at radius 2 is 1.33 bits per heavy atom. The van der Waals surface area contributed by atoms with Crippen LogP contribution < -0.4 is 0 Å². The molecule has 0 aromatic heterocycles. The van der Waals surface area contributed by atoms with Crippen molar-refractivity contribution in [1.29, 1.82) is 0 Å². The molecule has 1 fully saturated rings. The maximum atomic E-state index is 6.16. The standard InChI is InChI=1S/C12H2Br8O/c13-4-2-1-3(5(14)6(4)15)11-9(18)7(16)8(17)10(19)12(11,20)21-11/h1-2H. The number of allylic oxidation sites excluding steroid dienone is 2. The van der Waals surface area contributed by atoms with Crippen molar-refractivity contribution in [3.8, 4) is 0 Å². The zero-order chi connectivity index (χ0) is 15.7. The van der Waals surface area contributed by atoms with E-state index in [-0.39, 0.29) is 0 Å². The highest BCUT2D eigenvalue weighted by Crippen LogP contribution is 2.74. The van der Waals surface area contributed by atoms with Crippen molar-refractivity contribution < 1.29 is 4.74 Å². The number of hydrogen-bond acceptors (Lipinski definition) is 1. The normalized spacial score (nSPS) is 31.6. The van der Waals surface area contributed by atoms with Crippen LogP contribution in [-0.4, -0.2) is 4.51 Å². The first-order valence-electron chi connectivity index (χ1n) is 5.33. The fraction of sp³-hybridized carbons (Fsp3) is 0.167. The van der Waals surface area contributed by atoms with Crippen molar-refractivity contribution in [2.45, 2.75) is 10.1 Å². The first-order chi connectivity index (χ1) is 9.68. The maximum Gasteiger partial charge on any atom is 0.195 e. The van der Waals surface area contributed by atoms with E-state index < -0.39 is 10.1 Å². The smallest absolute Gasteiger partial charge is 0.195 e. The van der Waals surface area contributed by atoms with Gasteiger partial charge in [0, 0.05) is 27.9 Å². The SMILES string of the molecule is BrC1=C(Br)C2(Br)OC2(c2ccc(Br)c(Br)c2Br)C(Br)=C1Br. The molecule has 1 nitrogen and oxygen atoms in total. The Morgan fingerprint density at radius 1 is 0.762 bits per heavy atom. The van der Waals surface area contributed by atoms with Gasteiger partial charge in [0.25, 0.3) is 0 Å². The molecule has 1 heterocycles. The van der Waals surface area contributed by atoms with Gasteiger partial charge in [-0.1, -0.05) is 37.9 Å². The molecule has 0 N–H and O–H groups in total. The molecule has 1 aromatic carbocycles. The summed E-state index contributed by atoms with van der Waals surface area (Å²) in [7, 11) is 0. The Labute approximate surface area is 188 Å². The summed E-state index contributed by atoms with van der Waals surface area (Å²) in [6.07, 6.45) is 0. The lowest BCUT2D eigenvalue weighted by Gasteiger charge is -2.24. The Balaban J connectivity index is 2.29. The Kier molecular flexibility index (Phi) is 5.26. The molecule has 2 unspecified atom stereocenters. The molecule has 3 rings (SSSR count). The predicted molar refractivity (Wildman–Crippen MR) is 114 cm³/mol. The lowest BCUT2D eigenvalue weighted by molar-refractivity contribution is 0.337. The quantitative estimate of drug-likeness (QED) is 0.158. The second kappa shape index (κ2) is 6.04. The van der Waals surface area contributed by atoms with Crippen molar-refractivity contribution in [3.63, 3.8) is 0 Å². The first kappa shape index (κ1) is 18.3. The van der Waals surface area contributed by atoms with Gasteiger partial charge < -0.3 is 4.74 Å². The summed E-state index contributed by atoms with van der Waals surface area (Å²) in [6, 6.07) is 4.02.